The lowest BCUT2D eigenvalue weighted by Gasteiger charge is -2.29. The minimum atomic E-state index is 0.526. The summed E-state index contributed by atoms with van der Waals surface area (Å²) in [5.74, 6) is 0.937. The first-order chi connectivity index (χ1) is 9.22. The van der Waals surface area contributed by atoms with Gasteiger partial charge in [0.2, 0.25) is 0 Å². The number of hydrogen-bond donors (Lipinski definition) is 1. The number of rotatable bonds is 4. The van der Waals surface area contributed by atoms with E-state index in [9.17, 15) is 0 Å². The molecule has 1 N–H and O–H groups in total. The van der Waals surface area contributed by atoms with Gasteiger partial charge in [0.15, 0.2) is 0 Å². The Morgan fingerprint density at radius 3 is 2.84 bits per heavy atom. The van der Waals surface area contributed by atoms with Crippen LogP contribution in [-0.2, 0) is 0 Å². The first kappa shape index (κ1) is 12.5. The summed E-state index contributed by atoms with van der Waals surface area (Å²) in [7, 11) is 0. The molecule has 1 atom stereocenters. The summed E-state index contributed by atoms with van der Waals surface area (Å²) in [4.78, 5) is 4.68. The third-order valence-corrected chi connectivity index (χ3v) is 4.17. The fourth-order valence-electron chi connectivity index (χ4n) is 2.91. The van der Waals surface area contributed by atoms with Gasteiger partial charge in [0.1, 0.15) is 0 Å². The van der Waals surface area contributed by atoms with E-state index in [0.29, 0.717) is 6.04 Å². The number of nitrogens with zero attached hydrogens (tertiary/aromatic N) is 1. The molecule has 0 amide bonds. The maximum absolute atomic E-state index is 4.68. The standard InChI is InChI=1S/C17H22N2/c1-12-9-10-15-7-4-8-16(17(15)19-12)18-13(2)11-14-5-3-6-14/h4,7-10,13-14,18H,3,5-6,11H2,1-2H3. The minimum Gasteiger partial charge on any atom is -0.381 e. The molecule has 0 radical (unpaired) electrons. The molecule has 100 valence electrons. The van der Waals surface area contributed by atoms with E-state index in [2.05, 4.69) is 47.6 Å². The van der Waals surface area contributed by atoms with Crippen LogP contribution in [0.15, 0.2) is 30.3 Å². The normalized spacial score (nSPS) is 17.2. The number of benzene rings is 1. The highest BCUT2D eigenvalue weighted by Crippen LogP contribution is 2.31. The molecule has 1 aromatic carbocycles. The highest BCUT2D eigenvalue weighted by atomic mass is 14.9. The fourth-order valence-corrected chi connectivity index (χ4v) is 2.91. The Balaban J connectivity index is 1.81. The van der Waals surface area contributed by atoms with Crippen LogP contribution in [0.4, 0.5) is 5.69 Å². The van der Waals surface area contributed by atoms with E-state index < -0.39 is 0 Å². The Kier molecular flexibility index (Phi) is 3.41. The summed E-state index contributed by atoms with van der Waals surface area (Å²) in [5, 5.41) is 4.86. The van der Waals surface area contributed by atoms with Crippen molar-refractivity contribution in [2.24, 2.45) is 5.92 Å². The molecule has 1 saturated carbocycles. The van der Waals surface area contributed by atoms with Crippen molar-refractivity contribution in [2.45, 2.75) is 45.6 Å². The van der Waals surface area contributed by atoms with Gasteiger partial charge in [-0.15, -0.1) is 0 Å². The summed E-state index contributed by atoms with van der Waals surface area (Å²) in [6, 6.07) is 11.1. The minimum absolute atomic E-state index is 0.526. The Labute approximate surface area is 115 Å². The number of aryl methyl sites for hydroxylation is 1. The number of para-hydroxylation sites is 1. The molecule has 2 heteroatoms. The molecule has 1 aliphatic carbocycles. The number of nitrogens with one attached hydrogen (secondary N) is 1. The van der Waals surface area contributed by atoms with Gasteiger partial charge >= 0.3 is 0 Å². The van der Waals surface area contributed by atoms with E-state index >= 15 is 0 Å². The highest BCUT2D eigenvalue weighted by molar-refractivity contribution is 5.90. The van der Waals surface area contributed by atoms with Crippen LogP contribution in [0.25, 0.3) is 10.9 Å². The van der Waals surface area contributed by atoms with Crippen LogP contribution < -0.4 is 5.32 Å². The second-order valence-electron chi connectivity index (χ2n) is 5.91. The molecule has 1 heterocycles. The SMILES string of the molecule is Cc1ccc2cccc(NC(C)CC3CCC3)c2n1. The highest BCUT2D eigenvalue weighted by Gasteiger charge is 2.20. The summed E-state index contributed by atoms with van der Waals surface area (Å²) >= 11 is 0. The zero-order chi connectivity index (χ0) is 13.2. The number of anilines is 1. The van der Waals surface area contributed by atoms with E-state index in [1.54, 1.807) is 0 Å². The number of pyridine rings is 1. The van der Waals surface area contributed by atoms with Crippen LogP contribution in [0.2, 0.25) is 0 Å². The molecule has 2 nitrogen and oxygen atoms in total. The van der Waals surface area contributed by atoms with Crippen LogP contribution in [0.1, 0.15) is 38.3 Å². The van der Waals surface area contributed by atoms with Gasteiger partial charge < -0.3 is 5.32 Å². The van der Waals surface area contributed by atoms with Crippen LogP contribution in [0, 0.1) is 12.8 Å². The predicted octanol–water partition coefficient (Wildman–Crippen LogP) is 4.53. The second-order valence-corrected chi connectivity index (χ2v) is 5.91. The summed E-state index contributed by atoms with van der Waals surface area (Å²) in [5.41, 5.74) is 3.35. The zero-order valence-corrected chi connectivity index (χ0v) is 11.8. The first-order valence-electron chi connectivity index (χ1n) is 7.35. The molecule has 1 unspecified atom stereocenters. The lowest BCUT2D eigenvalue weighted by Crippen LogP contribution is -2.23. The molecule has 2 aromatic rings. The third-order valence-electron chi connectivity index (χ3n) is 4.17. The molecule has 1 aromatic heterocycles. The Morgan fingerprint density at radius 2 is 2.11 bits per heavy atom. The summed E-state index contributed by atoms with van der Waals surface area (Å²) in [6.45, 7) is 4.33. The summed E-state index contributed by atoms with van der Waals surface area (Å²) in [6.07, 6.45) is 5.53. The van der Waals surface area contributed by atoms with Crippen LogP contribution in [-0.4, -0.2) is 11.0 Å². The van der Waals surface area contributed by atoms with Gasteiger partial charge in [-0.3, -0.25) is 4.98 Å². The van der Waals surface area contributed by atoms with Gasteiger partial charge in [0.05, 0.1) is 11.2 Å². The molecular formula is C17H22N2. The van der Waals surface area contributed by atoms with E-state index in [1.165, 1.54) is 36.8 Å². The van der Waals surface area contributed by atoms with Gasteiger partial charge in [0, 0.05) is 17.1 Å². The molecule has 0 bridgehead atoms. The van der Waals surface area contributed by atoms with Crippen LogP contribution in [0.5, 0.6) is 0 Å². The second kappa shape index (κ2) is 5.20. The fraction of sp³-hybridized carbons (Fsp3) is 0.471. The zero-order valence-electron chi connectivity index (χ0n) is 11.8. The van der Waals surface area contributed by atoms with Crippen molar-refractivity contribution in [3.63, 3.8) is 0 Å². The maximum Gasteiger partial charge on any atom is 0.0936 e. The van der Waals surface area contributed by atoms with E-state index in [4.69, 9.17) is 0 Å². The molecule has 1 fully saturated rings. The van der Waals surface area contributed by atoms with Gasteiger partial charge in [-0.25, -0.2) is 0 Å². The van der Waals surface area contributed by atoms with Crippen molar-refractivity contribution < 1.29 is 0 Å². The van der Waals surface area contributed by atoms with Gasteiger partial charge in [-0.05, 0) is 38.3 Å². The predicted molar refractivity (Wildman–Crippen MR) is 81.5 cm³/mol. The Morgan fingerprint density at radius 1 is 1.26 bits per heavy atom. The molecule has 1 aliphatic rings. The van der Waals surface area contributed by atoms with Crippen molar-refractivity contribution in [2.75, 3.05) is 5.32 Å². The number of aromatic nitrogens is 1. The van der Waals surface area contributed by atoms with Gasteiger partial charge in [-0.2, -0.15) is 0 Å². The lowest BCUT2D eigenvalue weighted by atomic mass is 9.81. The van der Waals surface area contributed by atoms with Gasteiger partial charge in [-0.1, -0.05) is 37.5 Å². The van der Waals surface area contributed by atoms with Crippen molar-refractivity contribution in [3.05, 3.63) is 36.0 Å². The number of hydrogen-bond acceptors (Lipinski definition) is 2. The van der Waals surface area contributed by atoms with Crippen molar-refractivity contribution in [3.8, 4) is 0 Å². The van der Waals surface area contributed by atoms with Crippen molar-refractivity contribution in [1.82, 2.24) is 4.98 Å². The smallest absolute Gasteiger partial charge is 0.0936 e. The molecule has 0 spiro atoms. The Bertz CT molecular complexity index is 572. The molecule has 0 aliphatic heterocycles. The van der Waals surface area contributed by atoms with Crippen LogP contribution >= 0.6 is 0 Å². The first-order valence-corrected chi connectivity index (χ1v) is 7.35. The topological polar surface area (TPSA) is 24.9 Å². The van der Waals surface area contributed by atoms with Crippen molar-refractivity contribution >= 4 is 16.6 Å². The lowest BCUT2D eigenvalue weighted by molar-refractivity contribution is 0.286. The molecule has 0 saturated heterocycles. The van der Waals surface area contributed by atoms with E-state index in [1.807, 2.05) is 6.92 Å². The average molecular weight is 254 g/mol. The average Bonchev–Trinajstić information content (AvgIpc) is 2.35. The molecular weight excluding hydrogens is 232 g/mol. The van der Waals surface area contributed by atoms with Crippen molar-refractivity contribution in [1.29, 1.82) is 0 Å². The monoisotopic (exact) mass is 254 g/mol. The van der Waals surface area contributed by atoms with Gasteiger partial charge in [0.25, 0.3) is 0 Å². The molecule has 3 rings (SSSR count). The molecule has 19 heavy (non-hydrogen) atoms. The number of fused-ring (bicyclic) bond motifs is 1. The van der Waals surface area contributed by atoms with E-state index in [0.717, 1.165) is 17.1 Å². The summed E-state index contributed by atoms with van der Waals surface area (Å²) < 4.78 is 0. The quantitative estimate of drug-likeness (QED) is 0.866. The largest absolute Gasteiger partial charge is 0.381 e. The van der Waals surface area contributed by atoms with E-state index in [-0.39, 0.29) is 0 Å². The third kappa shape index (κ3) is 2.73. The van der Waals surface area contributed by atoms with Crippen LogP contribution in [0.3, 0.4) is 0 Å². The maximum atomic E-state index is 4.68. The Hall–Kier alpha value is -1.57.